The van der Waals surface area contributed by atoms with Gasteiger partial charge in [0.15, 0.2) is 11.7 Å². The number of halogens is 2. The highest BCUT2D eigenvalue weighted by molar-refractivity contribution is 14.0. The van der Waals surface area contributed by atoms with Crippen molar-refractivity contribution in [3.05, 3.63) is 58.0 Å². The zero-order valence-corrected chi connectivity index (χ0v) is 20.4. The lowest BCUT2D eigenvalue weighted by atomic mass is 10.2. The topological polar surface area (TPSA) is 69.9 Å². The van der Waals surface area contributed by atoms with Gasteiger partial charge in [-0.1, -0.05) is 34.1 Å². The highest BCUT2D eigenvalue weighted by Crippen LogP contribution is 2.17. The average molecular weight is 563 g/mol. The van der Waals surface area contributed by atoms with Gasteiger partial charge in [0.2, 0.25) is 0 Å². The van der Waals surface area contributed by atoms with Crippen molar-refractivity contribution in [3.63, 3.8) is 0 Å². The maximum Gasteiger partial charge on any atom is 0.287 e. The van der Waals surface area contributed by atoms with Crippen molar-refractivity contribution in [2.45, 2.75) is 26.8 Å². The Morgan fingerprint density at radius 3 is 2.64 bits per heavy atom. The molecule has 8 heteroatoms. The Hall–Kier alpha value is -1.55. The summed E-state index contributed by atoms with van der Waals surface area (Å²) in [6.45, 7) is 6.63. The number of carbonyl (C=O) groups excluding carboxylic acids is 1. The molecule has 1 amide bonds. The zero-order valence-electron chi connectivity index (χ0n) is 16.5. The molecule has 1 aromatic carbocycles. The SMILES string of the molecule is CCNC(=NCCCNC(=O)c1occc1C)N(C)Cc1ccccc1Br.I. The number of hydrogen-bond acceptors (Lipinski definition) is 3. The standard InChI is InChI=1S/C20H27BrN4O2.HI/c1-4-22-20(25(3)14-16-8-5-6-9-17(16)21)24-12-7-11-23-19(26)18-15(2)10-13-27-18;/h5-6,8-10,13H,4,7,11-12,14H2,1-3H3,(H,22,24)(H,23,26);1H. The summed E-state index contributed by atoms with van der Waals surface area (Å²) in [5.74, 6) is 1.04. The molecule has 0 bridgehead atoms. The van der Waals surface area contributed by atoms with E-state index < -0.39 is 0 Å². The van der Waals surface area contributed by atoms with Gasteiger partial charge in [-0.05, 0) is 38.0 Å². The molecule has 154 valence electrons. The first kappa shape index (κ1) is 24.5. The number of carbonyl (C=O) groups is 1. The van der Waals surface area contributed by atoms with Crippen molar-refractivity contribution in [2.24, 2.45) is 4.99 Å². The van der Waals surface area contributed by atoms with Crippen LogP contribution < -0.4 is 10.6 Å². The Morgan fingerprint density at radius 2 is 2.00 bits per heavy atom. The van der Waals surface area contributed by atoms with Crippen molar-refractivity contribution in [2.75, 3.05) is 26.7 Å². The second-order valence-corrected chi connectivity index (χ2v) is 7.08. The van der Waals surface area contributed by atoms with Gasteiger partial charge in [-0.2, -0.15) is 0 Å². The molecule has 0 aliphatic rings. The quantitative estimate of drug-likeness (QED) is 0.219. The lowest BCUT2D eigenvalue weighted by molar-refractivity contribution is 0.0925. The summed E-state index contributed by atoms with van der Waals surface area (Å²) in [7, 11) is 2.02. The number of benzene rings is 1. The first-order chi connectivity index (χ1) is 13.0. The number of nitrogens with one attached hydrogen (secondary N) is 2. The van der Waals surface area contributed by atoms with Crippen LogP contribution >= 0.6 is 39.9 Å². The molecular weight excluding hydrogens is 535 g/mol. The second kappa shape index (κ2) is 12.8. The van der Waals surface area contributed by atoms with E-state index in [-0.39, 0.29) is 29.9 Å². The maximum absolute atomic E-state index is 12.0. The van der Waals surface area contributed by atoms with Gasteiger partial charge >= 0.3 is 0 Å². The summed E-state index contributed by atoms with van der Waals surface area (Å²) < 4.78 is 6.28. The zero-order chi connectivity index (χ0) is 19.6. The molecule has 0 saturated carbocycles. The Labute approximate surface area is 192 Å². The van der Waals surface area contributed by atoms with Crippen molar-refractivity contribution in [1.82, 2.24) is 15.5 Å². The molecule has 1 aromatic heterocycles. The molecule has 28 heavy (non-hydrogen) atoms. The van der Waals surface area contributed by atoms with Crippen LogP contribution in [0.3, 0.4) is 0 Å². The number of amides is 1. The van der Waals surface area contributed by atoms with E-state index in [4.69, 9.17) is 4.42 Å². The van der Waals surface area contributed by atoms with Crippen molar-refractivity contribution >= 4 is 51.8 Å². The maximum atomic E-state index is 12.0. The summed E-state index contributed by atoms with van der Waals surface area (Å²) in [4.78, 5) is 18.8. The predicted octanol–water partition coefficient (Wildman–Crippen LogP) is 4.19. The van der Waals surface area contributed by atoms with E-state index >= 15 is 0 Å². The van der Waals surface area contributed by atoms with Crippen LogP contribution in [0.25, 0.3) is 0 Å². The lowest BCUT2D eigenvalue weighted by Gasteiger charge is -2.22. The van der Waals surface area contributed by atoms with Gasteiger partial charge in [-0.15, -0.1) is 24.0 Å². The summed E-state index contributed by atoms with van der Waals surface area (Å²) in [6, 6.07) is 9.95. The monoisotopic (exact) mass is 562 g/mol. The van der Waals surface area contributed by atoms with E-state index in [1.54, 1.807) is 6.07 Å². The minimum atomic E-state index is -0.181. The molecule has 2 N–H and O–H groups in total. The van der Waals surface area contributed by atoms with E-state index in [2.05, 4.69) is 42.5 Å². The predicted molar refractivity (Wildman–Crippen MR) is 127 cm³/mol. The van der Waals surface area contributed by atoms with Gasteiger partial charge in [-0.3, -0.25) is 9.79 Å². The highest BCUT2D eigenvalue weighted by Gasteiger charge is 2.11. The summed E-state index contributed by atoms with van der Waals surface area (Å²) in [5.41, 5.74) is 2.04. The van der Waals surface area contributed by atoms with E-state index in [1.807, 2.05) is 39.1 Å². The molecule has 0 atom stereocenters. The molecule has 2 rings (SSSR count). The average Bonchev–Trinajstić information content (AvgIpc) is 3.08. The number of hydrogen-bond donors (Lipinski definition) is 2. The fourth-order valence-corrected chi connectivity index (χ4v) is 2.99. The number of nitrogens with zero attached hydrogens (tertiary/aromatic N) is 2. The molecule has 0 unspecified atom stereocenters. The van der Waals surface area contributed by atoms with Crippen molar-refractivity contribution < 1.29 is 9.21 Å². The van der Waals surface area contributed by atoms with Crippen molar-refractivity contribution in [3.8, 4) is 0 Å². The molecule has 0 spiro atoms. The third kappa shape index (κ3) is 7.46. The van der Waals surface area contributed by atoms with E-state index in [1.165, 1.54) is 11.8 Å². The van der Waals surface area contributed by atoms with Crippen LogP contribution in [-0.4, -0.2) is 43.4 Å². The van der Waals surface area contributed by atoms with Crippen LogP contribution in [0, 0.1) is 6.92 Å². The number of aryl methyl sites for hydroxylation is 1. The highest BCUT2D eigenvalue weighted by atomic mass is 127. The van der Waals surface area contributed by atoms with Gasteiger partial charge in [0.05, 0.1) is 6.26 Å². The van der Waals surface area contributed by atoms with E-state index in [0.717, 1.165) is 35.5 Å². The van der Waals surface area contributed by atoms with Gasteiger partial charge in [-0.25, -0.2) is 0 Å². The van der Waals surface area contributed by atoms with Gasteiger partial charge in [0.1, 0.15) is 0 Å². The summed E-state index contributed by atoms with van der Waals surface area (Å²) in [6.07, 6.45) is 2.28. The van der Waals surface area contributed by atoms with Crippen LogP contribution in [0.4, 0.5) is 0 Å². The van der Waals surface area contributed by atoms with Crippen LogP contribution in [0.5, 0.6) is 0 Å². The number of aliphatic imine (C=N–C) groups is 1. The van der Waals surface area contributed by atoms with Gasteiger partial charge in [0, 0.05) is 43.3 Å². The Balaban J connectivity index is 0.00000392. The fourth-order valence-electron chi connectivity index (χ4n) is 2.58. The van der Waals surface area contributed by atoms with Crippen LogP contribution in [0.15, 0.2) is 50.5 Å². The molecule has 0 fully saturated rings. The third-order valence-electron chi connectivity index (χ3n) is 4.01. The fraction of sp³-hybridized carbons (Fsp3) is 0.400. The molecule has 0 aliphatic heterocycles. The molecule has 0 radical (unpaired) electrons. The van der Waals surface area contributed by atoms with Crippen molar-refractivity contribution in [1.29, 1.82) is 0 Å². The molecule has 0 saturated heterocycles. The largest absolute Gasteiger partial charge is 0.459 e. The van der Waals surface area contributed by atoms with E-state index in [9.17, 15) is 4.79 Å². The Morgan fingerprint density at radius 1 is 1.25 bits per heavy atom. The Kier molecular flexibility index (Phi) is 11.2. The third-order valence-corrected chi connectivity index (χ3v) is 4.79. The van der Waals surface area contributed by atoms with Gasteiger partial charge in [0.25, 0.3) is 5.91 Å². The number of rotatable bonds is 8. The van der Waals surface area contributed by atoms with Crippen LogP contribution in [-0.2, 0) is 6.54 Å². The molecule has 1 heterocycles. The van der Waals surface area contributed by atoms with Gasteiger partial charge < -0.3 is 20.0 Å². The number of furan rings is 1. The summed E-state index contributed by atoms with van der Waals surface area (Å²) in [5, 5.41) is 6.18. The molecule has 6 nitrogen and oxygen atoms in total. The normalized spacial score (nSPS) is 10.9. The number of guanidine groups is 1. The first-order valence-electron chi connectivity index (χ1n) is 9.08. The van der Waals surface area contributed by atoms with Crippen LogP contribution in [0.1, 0.15) is 35.0 Å². The van der Waals surface area contributed by atoms with E-state index in [0.29, 0.717) is 18.8 Å². The second-order valence-electron chi connectivity index (χ2n) is 6.23. The summed E-state index contributed by atoms with van der Waals surface area (Å²) >= 11 is 3.59. The minimum absolute atomic E-state index is 0. The molecule has 2 aromatic rings. The first-order valence-corrected chi connectivity index (χ1v) is 9.87. The minimum Gasteiger partial charge on any atom is -0.459 e. The molecular formula is C20H28BrIN4O2. The Bertz CT molecular complexity index is 779. The lowest BCUT2D eigenvalue weighted by Crippen LogP contribution is -2.38. The molecule has 0 aliphatic carbocycles. The van der Waals surface area contributed by atoms with Crippen LogP contribution in [0.2, 0.25) is 0 Å². The smallest absolute Gasteiger partial charge is 0.287 e.